The van der Waals surface area contributed by atoms with Gasteiger partial charge in [0.05, 0.1) is 5.52 Å². The Morgan fingerprint density at radius 2 is 1.77 bits per heavy atom. The Bertz CT molecular complexity index is 1700. The number of aryl methyl sites for hydroxylation is 2. The van der Waals surface area contributed by atoms with Crippen LogP contribution in [0.1, 0.15) is 48.4 Å². The van der Waals surface area contributed by atoms with Crippen molar-refractivity contribution in [3.8, 4) is 11.1 Å². The van der Waals surface area contributed by atoms with Gasteiger partial charge in [-0.2, -0.15) is 0 Å². The highest BCUT2D eigenvalue weighted by Gasteiger charge is 2.64. The Morgan fingerprint density at radius 3 is 2.50 bits per heavy atom. The maximum absolute atomic E-state index is 13.7. The van der Waals surface area contributed by atoms with Crippen molar-refractivity contribution in [1.82, 2.24) is 24.3 Å². The van der Waals surface area contributed by atoms with Crippen LogP contribution in [0, 0.1) is 19.3 Å². The zero-order valence-electron chi connectivity index (χ0n) is 22.5. The number of anilines is 2. The molecule has 2 N–H and O–H groups in total. The quantitative estimate of drug-likeness (QED) is 0.233. The third-order valence-corrected chi connectivity index (χ3v) is 8.42. The number of nitrogens with zero attached hydrogens (tertiary/aromatic N) is 5. The number of carbonyl (C=O) groups excluding carboxylic acids is 3. The van der Waals surface area contributed by atoms with Crippen molar-refractivity contribution >= 4 is 50.8 Å². The number of carbonyl (C=O) groups is 3. The molecule has 2 fully saturated rings. The highest BCUT2D eigenvalue weighted by molar-refractivity contribution is 9.10. The van der Waals surface area contributed by atoms with Crippen LogP contribution >= 0.6 is 15.9 Å². The molecule has 5 heterocycles. The predicted molar refractivity (Wildman–Crippen MR) is 154 cm³/mol. The zero-order valence-corrected chi connectivity index (χ0v) is 24.1. The number of piperidine rings is 1. The summed E-state index contributed by atoms with van der Waals surface area (Å²) >= 11 is 3.35. The van der Waals surface area contributed by atoms with Crippen molar-refractivity contribution in [2.24, 2.45) is 5.41 Å². The van der Waals surface area contributed by atoms with Crippen molar-refractivity contribution in [3.63, 3.8) is 0 Å². The molecule has 4 aromatic rings. The van der Waals surface area contributed by atoms with E-state index in [1.165, 1.54) is 6.92 Å². The third kappa shape index (κ3) is 4.53. The number of likely N-dealkylation sites (tertiary alicyclic amines) is 1. The van der Waals surface area contributed by atoms with Gasteiger partial charge in [-0.3, -0.25) is 14.9 Å². The summed E-state index contributed by atoms with van der Waals surface area (Å²) in [5.74, 6) is 1.19. The Balaban J connectivity index is 1.29. The maximum atomic E-state index is 13.7. The van der Waals surface area contributed by atoms with Crippen LogP contribution in [0.2, 0.25) is 0 Å². The number of urea groups is 1. The normalized spacial score (nSPS) is 21.3. The summed E-state index contributed by atoms with van der Waals surface area (Å²) in [5.41, 5.74) is 3.54. The molecule has 1 saturated heterocycles. The Labute approximate surface area is 239 Å². The molecule has 11 heteroatoms. The molecule has 0 spiro atoms. The molecule has 1 unspecified atom stereocenters. The van der Waals surface area contributed by atoms with Gasteiger partial charge in [-0.05, 0) is 90.4 Å². The van der Waals surface area contributed by atoms with Crippen LogP contribution in [-0.4, -0.2) is 54.1 Å². The van der Waals surface area contributed by atoms with E-state index in [0.717, 1.165) is 23.1 Å². The molecule has 0 bridgehead atoms. The van der Waals surface area contributed by atoms with Gasteiger partial charge in [0.1, 0.15) is 28.1 Å². The number of halogens is 1. The number of nitrogens with one attached hydrogen (secondary N) is 2. The highest BCUT2D eigenvalue weighted by Crippen LogP contribution is 2.59. The maximum Gasteiger partial charge on any atom is 0.323 e. The van der Waals surface area contributed by atoms with E-state index in [-0.39, 0.29) is 29.2 Å². The topological polar surface area (TPSA) is 122 Å². The molecular weight excluding hydrogens is 574 g/mol. The van der Waals surface area contributed by atoms with E-state index in [0.29, 0.717) is 39.6 Å². The Kier molecular flexibility index (Phi) is 6.21. The number of rotatable bonds is 5. The lowest BCUT2D eigenvalue weighted by molar-refractivity contribution is -0.120. The molecule has 3 atom stereocenters. The van der Waals surface area contributed by atoms with Gasteiger partial charge in [0.25, 0.3) is 0 Å². The van der Waals surface area contributed by atoms with E-state index >= 15 is 0 Å². The smallest absolute Gasteiger partial charge is 0.309 e. The minimum Gasteiger partial charge on any atom is -0.309 e. The summed E-state index contributed by atoms with van der Waals surface area (Å²) in [6, 6.07) is 8.07. The summed E-state index contributed by atoms with van der Waals surface area (Å²) in [7, 11) is 0. The number of fused-ring (bicyclic) bond motifs is 2. The first-order valence-electron chi connectivity index (χ1n) is 13.0. The first-order valence-corrected chi connectivity index (χ1v) is 13.8. The fourth-order valence-electron chi connectivity index (χ4n) is 5.60. The van der Waals surface area contributed by atoms with Crippen molar-refractivity contribution < 1.29 is 14.4 Å². The third-order valence-electron chi connectivity index (χ3n) is 7.98. The molecule has 2 aliphatic rings. The fraction of sp³-hybridized carbons (Fsp3) is 0.310. The van der Waals surface area contributed by atoms with Crippen LogP contribution in [0.15, 0.2) is 53.5 Å². The zero-order chi connectivity index (χ0) is 28.3. The van der Waals surface area contributed by atoms with Gasteiger partial charge in [0, 0.05) is 35.8 Å². The van der Waals surface area contributed by atoms with Crippen LogP contribution in [0.3, 0.4) is 0 Å². The highest BCUT2D eigenvalue weighted by atomic mass is 79.9. The van der Waals surface area contributed by atoms with Gasteiger partial charge in [0.15, 0.2) is 5.78 Å². The van der Waals surface area contributed by atoms with Crippen molar-refractivity contribution in [2.75, 3.05) is 10.6 Å². The minimum atomic E-state index is -0.643. The molecule has 1 saturated carbocycles. The number of Topliss-reactive ketones (excluding diaryl/α,β-unsaturated/α-hetero) is 1. The lowest BCUT2D eigenvalue weighted by atomic mass is 10.0. The van der Waals surface area contributed by atoms with E-state index in [1.54, 1.807) is 27.8 Å². The monoisotopic (exact) mass is 601 g/mol. The van der Waals surface area contributed by atoms with Crippen molar-refractivity contribution in [2.45, 2.75) is 52.6 Å². The first kappa shape index (κ1) is 26.1. The molecule has 204 valence electrons. The number of hydrogen-bond acceptors (Lipinski definition) is 6. The first-order chi connectivity index (χ1) is 19.0. The molecule has 6 rings (SSSR count). The molecule has 1 aliphatic carbocycles. The lowest BCUT2D eigenvalue weighted by Gasteiger charge is -2.27. The SMILES string of the molecule is CC(=O)c1cc(NC(=O)N2C3C[C@]3(C)C[C@H]2C(=O)Nc2nc(Br)ccc2C)n2ccc(-c3cnc(C)nc3)cc12. The second-order valence-corrected chi connectivity index (χ2v) is 11.7. The number of aromatic nitrogens is 4. The van der Waals surface area contributed by atoms with Crippen LogP contribution in [0.5, 0.6) is 0 Å². The van der Waals surface area contributed by atoms with E-state index in [2.05, 4.69) is 48.4 Å². The average Bonchev–Trinajstić information content (AvgIpc) is 3.28. The lowest BCUT2D eigenvalue weighted by Crippen LogP contribution is -2.47. The second-order valence-electron chi connectivity index (χ2n) is 10.9. The second kappa shape index (κ2) is 9.51. The number of ketones is 1. The minimum absolute atomic E-state index is 0.0357. The number of amides is 3. The van der Waals surface area contributed by atoms with Crippen LogP contribution in [0.25, 0.3) is 16.6 Å². The fourth-order valence-corrected chi connectivity index (χ4v) is 5.91. The largest absolute Gasteiger partial charge is 0.323 e. The number of pyridine rings is 2. The molecule has 0 aromatic carbocycles. The summed E-state index contributed by atoms with van der Waals surface area (Å²) in [5, 5.41) is 5.89. The van der Waals surface area contributed by atoms with Gasteiger partial charge >= 0.3 is 6.03 Å². The summed E-state index contributed by atoms with van der Waals surface area (Å²) in [6.07, 6.45) is 6.70. The Hall–Kier alpha value is -4.12. The van der Waals surface area contributed by atoms with Crippen molar-refractivity contribution in [1.29, 1.82) is 0 Å². The van der Waals surface area contributed by atoms with E-state index < -0.39 is 6.04 Å². The standard InChI is InChI=1S/C29H28BrN7O3/c1-15-5-6-24(30)33-26(15)35-27(39)22-11-29(4)12-23(29)37(22)28(40)34-25-10-20(16(2)38)21-9-18(7-8-36(21)25)19-13-31-17(3)32-14-19/h5-10,13-14,22-23H,11-12H2,1-4H3,(H,34,40)(H,33,35,39)/t22-,23?,29-/m0/s1. The predicted octanol–water partition coefficient (Wildman–Crippen LogP) is 5.40. The van der Waals surface area contributed by atoms with Crippen LogP contribution < -0.4 is 10.6 Å². The van der Waals surface area contributed by atoms with Crippen LogP contribution in [-0.2, 0) is 4.79 Å². The van der Waals surface area contributed by atoms with E-state index in [9.17, 15) is 14.4 Å². The van der Waals surface area contributed by atoms with Crippen molar-refractivity contribution in [3.05, 3.63) is 70.5 Å². The van der Waals surface area contributed by atoms with Gasteiger partial charge in [-0.25, -0.2) is 19.7 Å². The molecule has 4 aromatic heterocycles. The van der Waals surface area contributed by atoms with Gasteiger partial charge in [-0.15, -0.1) is 0 Å². The molecule has 40 heavy (non-hydrogen) atoms. The molecule has 10 nitrogen and oxygen atoms in total. The Morgan fingerprint density at radius 1 is 1.02 bits per heavy atom. The molecule has 3 amide bonds. The number of hydrogen-bond donors (Lipinski definition) is 2. The van der Waals surface area contributed by atoms with E-state index in [1.807, 2.05) is 44.3 Å². The van der Waals surface area contributed by atoms with Crippen LogP contribution in [0.4, 0.5) is 16.4 Å². The van der Waals surface area contributed by atoms with Gasteiger partial charge in [-0.1, -0.05) is 13.0 Å². The summed E-state index contributed by atoms with van der Waals surface area (Å²) in [4.78, 5) is 54.2. The summed E-state index contributed by atoms with van der Waals surface area (Å²) < 4.78 is 2.39. The molecule has 1 aliphatic heterocycles. The summed E-state index contributed by atoms with van der Waals surface area (Å²) in [6.45, 7) is 7.29. The van der Waals surface area contributed by atoms with E-state index in [4.69, 9.17) is 0 Å². The van der Waals surface area contributed by atoms with Gasteiger partial charge in [0.2, 0.25) is 5.91 Å². The molecular formula is C29H28BrN7O3. The molecule has 0 radical (unpaired) electrons. The average molecular weight is 602 g/mol. The van der Waals surface area contributed by atoms with Gasteiger partial charge < -0.3 is 14.6 Å².